The third-order valence-corrected chi connectivity index (χ3v) is 10.1. The normalized spacial score (nSPS) is 17.1. The molecule has 0 atom stereocenters. The Hall–Kier alpha value is -5.04. The molecule has 7 rings (SSSR count). The monoisotopic (exact) mass is 676 g/mol. The summed E-state index contributed by atoms with van der Waals surface area (Å²) >= 11 is 0. The highest BCUT2D eigenvalue weighted by Gasteiger charge is 2.50. The van der Waals surface area contributed by atoms with Crippen molar-refractivity contribution < 1.29 is 19.1 Å². The predicted octanol–water partition coefficient (Wildman–Crippen LogP) is 3.26. The molecule has 12 heteroatoms. The number of carbonyl (C=O) groups is 3. The van der Waals surface area contributed by atoms with E-state index in [4.69, 9.17) is 4.74 Å². The fourth-order valence-corrected chi connectivity index (χ4v) is 6.90. The Balaban J connectivity index is 0.934. The van der Waals surface area contributed by atoms with E-state index in [0.717, 1.165) is 55.2 Å². The Morgan fingerprint density at radius 2 is 1.46 bits per heavy atom. The van der Waals surface area contributed by atoms with E-state index in [-0.39, 0.29) is 23.3 Å². The van der Waals surface area contributed by atoms with Crippen LogP contribution in [0.15, 0.2) is 79.0 Å². The Labute approximate surface area is 292 Å². The van der Waals surface area contributed by atoms with Crippen molar-refractivity contribution in [2.75, 3.05) is 77.3 Å². The second-order valence-corrected chi connectivity index (χ2v) is 13.6. The summed E-state index contributed by atoms with van der Waals surface area (Å²) < 4.78 is 7.74. The number of hydrogen-bond acceptors (Lipinski definition) is 8. The van der Waals surface area contributed by atoms with Gasteiger partial charge in [-0.15, -0.1) is 0 Å². The lowest BCUT2D eigenvalue weighted by Gasteiger charge is -2.52. The molecular weight excluding hydrogens is 632 g/mol. The van der Waals surface area contributed by atoms with Crippen molar-refractivity contribution in [3.8, 4) is 0 Å². The number of ether oxygens (including phenoxy) is 1. The van der Waals surface area contributed by atoms with E-state index in [2.05, 4.69) is 37.4 Å². The van der Waals surface area contributed by atoms with Crippen molar-refractivity contribution in [3.05, 3.63) is 113 Å². The largest absolute Gasteiger partial charge is 0.377 e. The number of likely N-dealkylation sites (N-methyl/N-ethyl adjacent to an activating group) is 1. The van der Waals surface area contributed by atoms with Gasteiger partial charge in [-0.25, -0.2) is 4.98 Å². The molecule has 4 heterocycles. The van der Waals surface area contributed by atoms with E-state index >= 15 is 0 Å². The first-order chi connectivity index (χ1) is 24.2. The van der Waals surface area contributed by atoms with Gasteiger partial charge in [0.2, 0.25) is 0 Å². The number of fused-ring (bicyclic) bond motifs is 2. The zero-order valence-corrected chi connectivity index (χ0v) is 28.9. The smallest absolute Gasteiger partial charge is 0.287 e. The number of imidazole rings is 1. The lowest BCUT2D eigenvalue weighted by atomic mass is 9.88. The zero-order chi connectivity index (χ0) is 34.8. The molecule has 1 aromatic heterocycles. The van der Waals surface area contributed by atoms with Crippen LogP contribution in [0.5, 0.6) is 0 Å². The van der Waals surface area contributed by atoms with Crippen LogP contribution in [0, 0.1) is 0 Å². The molecule has 0 radical (unpaired) electrons. The number of piperazine rings is 1. The SMILES string of the molecule is CN1CCN(c2ccc(C(=O)Nc3ccc(CNC(=O)c4ncc5n4CCN(Cc4ccc(C(=O)N(C)C)cc4)C54COC4)cc3)cc2)CC1. The van der Waals surface area contributed by atoms with Gasteiger partial charge in [0, 0.05) is 89.0 Å². The molecule has 2 fully saturated rings. The summed E-state index contributed by atoms with van der Waals surface area (Å²) in [5, 5.41) is 5.99. The van der Waals surface area contributed by atoms with Crippen molar-refractivity contribution in [1.82, 2.24) is 29.6 Å². The number of nitrogens with zero attached hydrogens (tertiary/aromatic N) is 6. The van der Waals surface area contributed by atoms with Crippen LogP contribution in [-0.2, 0) is 29.9 Å². The Kier molecular flexibility index (Phi) is 9.41. The molecule has 0 aliphatic carbocycles. The van der Waals surface area contributed by atoms with Crippen molar-refractivity contribution in [1.29, 1.82) is 0 Å². The van der Waals surface area contributed by atoms with Crippen molar-refractivity contribution in [2.45, 2.75) is 25.2 Å². The minimum Gasteiger partial charge on any atom is -0.377 e. The number of anilines is 2. The average Bonchev–Trinajstić information content (AvgIpc) is 3.55. The molecule has 2 saturated heterocycles. The molecule has 3 aliphatic rings. The maximum absolute atomic E-state index is 13.4. The molecule has 4 aromatic rings. The minimum atomic E-state index is -0.352. The van der Waals surface area contributed by atoms with Gasteiger partial charge in [-0.3, -0.25) is 19.3 Å². The van der Waals surface area contributed by atoms with Gasteiger partial charge in [-0.1, -0.05) is 24.3 Å². The third kappa shape index (κ3) is 6.74. The molecule has 3 aromatic carbocycles. The summed E-state index contributed by atoms with van der Waals surface area (Å²) in [6.45, 7) is 7.48. The molecule has 1 spiro atoms. The molecule has 2 N–H and O–H groups in total. The second kappa shape index (κ2) is 14.1. The number of carbonyl (C=O) groups excluding carboxylic acids is 3. The Morgan fingerprint density at radius 3 is 2.10 bits per heavy atom. The predicted molar refractivity (Wildman–Crippen MR) is 191 cm³/mol. The van der Waals surface area contributed by atoms with Gasteiger partial charge in [0.15, 0.2) is 5.82 Å². The highest BCUT2D eigenvalue weighted by atomic mass is 16.5. The Morgan fingerprint density at radius 1 is 0.800 bits per heavy atom. The van der Waals surface area contributed by atoms with Crippen LogP contribution in [0.1, 0.15) is 48.2 Å². The maximum Gasteiger partial charge on any atom is 0.287 e. The number of amides is 3. The van der Waals surface area contributed by atoms with Gasteiger partial charge in [-0.2, -0.15) is 0 Å². The fourth-order valence-electron chi connectivity index (χ4n) is 6.90. The lowest BCUT2D eigenvalue weighted by Crippen LogP contribution is -2.63. The highest BCUT2D eigenvalue weighted by molar-refractivity contribution is 6.04. The van der Waals surface area contributed by atoms with E-state index in [1.807, 2.05) is 77.4 Å². The quantitative estimate of drug-likeness (QED) is 0.278. The molecular formula is C38H44N8O4. The molecule has 3 aliphatic heterocycles. The average molecular weight is 677 g/mol. The van der Waals surface area contributed by atoms with Crippen LogP contribution >= 0.6 is 0 Å². The maximum atomic E-state index is 13.4. The zero-order valence-electron chi connectivity index (χ0n) is 28.9. The van der Waals surface area contributed by atoms with E-state index < -0.39 is 0 Å². The van der Waals surface area contributed by atoms with Crippen LogP contribution in [0.25, 0.3) is 0 Å². The molecule has 0 bridgehead atoms. The molecule has 3 amide bonds. The first kappa shape index (κ1) is 33.5. The third-order valence-electron chi connectivity index (χ3n) is 10.1. The number of nitrogens with one attached hydrogen (secondary N) is 2. The molecule has 0 unspecified atom stereocenters. The number of rotatable bonds is 9. The number of benzene rings is 3. The topological polar surface area (TPSA) is 115 Å². The van der Waals surface area contributed by atoms with E-state index in [0.29, 0.717) is 55.5 Å². The summed E-state index contributed by atoms with van der Waals surface area (Å²) in [7, 11) is 5.63. The van der Waals surface area contributed by atoms with E-state index in [1.165, 1.54) is 0 Å². The highest BCUT2D eigenvalue weighted by Crippen LogP contribution is 2.40. The summed E-state index contributed by atoms with van der Waals surface area (Å²) in [4.78, 5) is 51.8. The van der Waals surface area contributed by atoms with Gasteiger partial charge in [0.05, 0.1) is 25.1 Å². The molecule has 50 heavy (non-hydrogen) atoms. The summed E-state index contributed by atoms with van der Waals surface area (Å²) in [5.74, 6) is -0.0334. The summed E-state index contributed by atoms with van der Waals surface area (Å²) in [6, 6.07) is 23.0. The van der Waals surface area contributed by atoms with E-state index in [9.17, 15) is 14.4 Å². The van der Waals surface area contributed by atoms with Crippen LogP contribution in [0.3, 0.4) is 0 Å². The van der Waals surface area contributed by atoms with Crippen molar-refractivity contribution >= 4 is 29.1 Å². The van der Waals surface area contributed by atoms with Crippen molar-refractivity contribution in [2.24, 2.45) is 0 Å². The van der Waals surface area contributed by atoms with Gasteiger partial charge in [0.1, 0.15) is 5.54 Å². The minimum absolute atomic E-state index is 0.0207. The van der Waals surface area contributed by atoms with Gasteiger partial charge >= 0.3 is 0 Å². The first-order valence-electron chi connectivity index (χ1n) is 17.1. The van der Waals surface area contributed by atoms with Crippen LogP contribution in [0.2, 0.25) is 0 Å². The lowest BCUT2D eigenvalue weighted by molar-refractivity contribution is -0.162. The molecule has 260 valence electrons. The summed E-state index contributed by atoms with van der Waals surface area (Å²) in [5.41, 5.74) is 5.73. The number of aromatic nitrogens is 2. The molecule has 0 saturated carbocycles. The van der Waals surface area contributed by atoms with Crippen LogP contribution in [0.4, 0.5) is 11.4 Å². The van der Waals surface area contributed by atoms with Crippen LogP contribution < -0.4 is 15.5 Å². The van der Waals surface area contributed by atoms with Crippen LogP contribution in [-0.4, -0.2) is 109 Å². The summed E-state index contributed by atoms with van der Waals surface area (Å²) in [6.07, 6.45) is 1.81. The fraction of sp³-hybridized carbons (Fsp3) is 0.368. The van der Waals surface area contributed by atoms with E-state index in [1.54, 1.807) is 25.2 Å². The molecule has 12 nitrogen and oxygen atoms in total. The van der Waals surface area contributed by atoms with Gasteiger partial charge in [0.25, 0.3) is 17.7 Å². The standard InChI is InChI=1S/C38H44N8O4/c1-42(2)37(49)30-8-4-28(5-9-30)24-45-20-21-46-33(38(45)25-50-26-38)23-39-34(46)36(48)40-22-27-6-12-31(13-7-27)41-35(47)29-10-14-32(15-11-29)44-18-16-43(3)17-19-44/h4-15,23H,16-22,24-26H2,1-3H3,(H,40,48)(H,41,47). The Bertz CT molecular complexity index is 1840. The second-order valence-electron chi connectivity index (χ2n) is 13.6. The van der Waals surface area contributed by atoms with Crippen molar-refractivity contribution in [3.63, 3.8) is 0 Å². The number of hydrogen-bond donors (Lipinski definition) is 2. The van der Waals surface area contributed by atoms with Gasteiger partial charge in [-0.05, 0) is 66.7 Å². The van der Waals surface area contributed by atoms with Gasteiger partial charge < -0.3 is 34.6 Å². The first-order valence-corrected chi connectivity index (χ1v) is 17.1.